The maximum Gasteiger partial charge on any atom is 0.168 e. The van der Waals surface area contributed by atoms with E-state index in [0.29, 0.717) is 6.54 Å². The molecule has 3 nitrogen and oxygen atoms in total. The molecule has 1 atom stereocenters. The molecule has 0 aliphatic carbocycles. The van der Waals surface area contributed by atoms with E-state index in [1.165, 1.54) is 5.56 Å². The van der Waals surface area contributed by atoms with Gasteiger partial charge in [0, 0.05) is 10.2 Å². The second-order valence-corrected chi connectivity index (χ2v) is 5.75. The van der Waals surface area contributed by atoms with Crippen molar-refractivity contribution in [2.75, 3.05) is 25.5 Å². The van der Waals surface area contributed by atoms with Crippen LogP contribution < -0.4 is 5.32 Å². The Kier molecular flexibility index (Phi) is 4.40. The van der Waals surface area contributed by atoms with Crippen LogP contribution in [0.5, 0.6) is 0 Å². The summed E-state index contributed by atoms with van der Waals surface area (Å²) in [6.07, 6.45) is 1.86. The van der Waals surface area contributed by atoms with Crippen molar-refractivity contribution in [2.24, 2.45) is 0 Å². The van der Waals surface area contributed by atoms with Crippen LogP contribution in [0.25, 0.3) is 0 Å². The molecule has 1 aromatic rings. The van der Waals surface area contributed by atoms with Crippen LogP contribution in [0.15, 0.2) is 22.7 Å². The third-order valence-corrected chi connectivity index (χ3v) is 3.95. The quantitative estimate of drug-likeness (QED) is 0.928. The van der Waals surface area contributed by atoms with Gasteiger partial charge in [0.1, 0.15) is 0 Å². The Labute approximate surface area is 117 Å². The molecular weight excluding hydrogens is 292 g/mol. The van der Waals surface area contributed by atoms with Gasteiger partial charge < -0.3 is 5.32 Å². The fourth-order valence-electron chi connectivity index (χ4n) is 2.20. The molecule has 1 N–H and O–H groups in total. The minimum Gasteiger partial charge on any atom is -0.375 e. The summed E-state index contributed by atoms with van der Waals surface area (Å²) in [5.74, 6) is 0.285. The van der Waals surface area contributed by atoms with E-state index in [1.54, 1.807) is 0 Å². The van der Waals surface area contributed by atoms with Crippen LogP contribution in [0.4, 0.5) is 5.69 Å². The van der Waals surface area contributed by atoms with E-state index in [4.69, 9.17) is 0 Å². The Morgan fingerprint density at radius 3 is 3.06 bits per heavy atom. The highest BCUT2D eigenvalue weighted by Crippen LogP contribution is 2.27. The number of hydrogen-bond acceptors (Lipinski definition) is 3. The van der Waals surface area contributed by atoms with Gasteiger partial charge in [0.2, 0.25) is 0 Å². The fourth-order valence-corrected chi connectivity index (χ4v) is 2.61. The van der Waals surface area contributed by atoms with E-state index in [9.17, 15) is 4.79 Å². The average molecular weight is 311 g/mol. The van der Waals surface area contributed by atoms with Crippen LogP contribution in [0.2, 0.25) is 0 Å². The smallest absolute Gasteiger partial charge is 0.168 e. The molecular formula is C14H19BrN2O. The monoisotopic (exact) mass is 310 g/mol. The van der Waals surface area contributed by atoms with Gasteiger partial charge in [-0.2, -0.15) is 0 Å². The summed E-state index contributed by atoms with van der Waals surface area (Å²) >= 11 is 3.48. The van der Waals surface area contributed by atoms with Crippen molar-refractivity contribution in [3.05, 3.63) is 28.2 Å². The van der Waals surface area contributed by atoms with Crippen LogP contribution in [0.3, 0.4) is 0 Å². The van der Waals surface area contributed by atoms with E-state index < -0.39 is 0 Å². The Morgan fingerprint density at radius 2 is 2.33 bits per heavy atom. The number of aryl methyl sites for hydroxylation is 1. The number of rotatable bonds is 4. The largest absolute Gasteiger partial charge is 0.375 e. The van der Waals surface area contributed by atoms with Crippen LogP contribution in [-0.4, -0.2) is 36.9 Å². The summed E-state index contributed by atoms with van der Waals surface area (Å²) in [6, 6.07) is 6.15. The normalized spacial score (nSPS) is 18.3. The average Bonchev–Trinajstić information content (AvgIpc) is 2.37. The predicted octanol–water partition coefficient (Wildman–Crippen LogP) is 2.70. The predicted molar refractivity (Wildman–Crippen MR) is 78.1 cm³/mol. The van der Waals surface area contributed by atoms with Crippen molar-refractivity contribution in [3.63, 3.8) is 0 Å². The number of nitrogens with one attached hydrogen (secondary N) is 1. The van der Waals surface area contributed by atoms with Gasteiger partial charge in [0.15, 0.2) is 5.78 Å². The number of halogens is 1. The van der Waals surface area contributed by atoms with Crippen molar-refractivity contribution in [2.45, 2.75) is 25.8 Å². The van der Waals surface area contributed by atoms with Crippen molar-refractivity contribution < 1.29 is 4.79 Å². The van der Waals surface area contributed by atoms with E-state index in [-0.39, 0.29) is 11.8 Å². The number of benzene rings is 1. The van der Waals surface area contributed by atoms with Crippen molar-refractivity contribution in [1.82, 2.24) is 4.90 Å². The van der Waals surface area contributed by atoms with Crippen LogP contribution in [0, 0.1) is 0 Å². The van der Waals surface area contributed by atoms with Crippen molar-refractivity contribution >= 4 is 27.4 Å². The number of Topliss-reactive ketones (excluding diaryl/α,β-unsaturated/α-hetero) is 1. The van der Waals surface area contributed by atoms with Gasteiger partial charge in [-0.05, 0) is 50.2 Å². The Morgan fingerprint density at radius 1 is 1.56 bits per heavy atom. The molecule has 0 fully saturated rings. The molecule has 2 rings (SSSR count). The number of nitrogens with zero attached hydrogens (tertiary/aromatic N) is 1. The SMILES string of the molecule is CCN(C)CC(=O)C1CCc2cc(Br)ccc2N1. The second-order valence-electron chi connectivity index (χ2n) is 4.83. The van der Waals surface area contributed by atoms with E-state index in [0.717, 1.165) is 29.5 Å². The summed E-state index contributed by atoms with van der Waals surface area (Å²) in [5, 5.41) is 3.36. The van der Waals surface area contributed by atoms with Crippen molar-refractivity contribution in [1.29, 1.82) is 0 Å². The van der Waals surface area contributed by atoms with Gasteiger partial charge in [0.05, 0.1) is 12.6 Å². The number of carbonyl (C=O) groups is 1. The highest BCUT2D eigenvalue weighted by Gasteiger charge is 2.24. The lowest BCUT2D eigenvalue weighted by atomic mass is 9.95. The van der Waals surface area contributed by atoms with Gasteiger partial charge in [0.25, 0.3) is 0 Å². The summed E-state index contributed by atoms with van der Waals surface area (Å²) in [6.45, 7) is 3.50. The Bertz CT molecular complexity index is 447. The maximum atomic E-state index is 12.1. The molecule has 1 unspecified atom stereocenters. The number of anilines is 1. The lowest BCUT2D eigenvalue weighted by molar-refractivity contribution is -0.120. The van der Waals surface area contributed by atoms with Crippen molar-refractivity contribution in [3.8, 4) is 0 Å². The molecule has 0 amide bonds. The summed E-state index contributed by atoms with van der Waals surface area (Å²) < 4.78 is 1.10. The van der Waals surface area contributed by atoms with Gasteiger partial charge in [-0.3, -0.25) is 9.69 Å². The number of fused-ring (bicyclic) bond motifs is 1. The highest BCUT2D eigenvalue weighted by atomic mass is 79.9. The molecule has 4 heteroatoms. The Hall–Kier alpha value is -0.870. The third kappa shape index (κ3) is 3.12. The minimum absolute atomic E-state index is 0.0346. The number of carbonyl (C=O) groups excluding carboxylic acids is 1. The lowest BCUT2D eigenvalue weighted by Gasteiger charge is -2.27. The zero-order valence-corrected chi connectivity index (χ0v) is 12.5. The molecule has 0 spiro atoms. The highest BCUT2D eigenvalue weighted by molar-refractivity contribution is 9.10. The first-order valence-corrected chi connectivity index (χ1v) is 7.15. The molecule has 1 aromatic carbocycles. The molecule has 0 radical (unpaired) electrons. The van der Waals surface area contributed by atoms with Gasteiger partial charge >= 0.3 is 0 Å². The third-order valence-electron chi connectivity index (χ3n) is 3.45. The van der Waals surface area contributed by atoms with Crippen LogP contribution in [-0.2, 0) is 11.2 Å². The van der Waals surface area contributed by atoms with E-state index in [2.05, 4.69) is 34.2 Å². The molecule has 0 aromatic heterocycles. The summed E-state index contributed by atoms with van der Waals surface area (Å²) in [4.78, 5) is 14.2. The first kappa shape index (κ1) is 13.6. The van der Waals surface area contributed by atoms with Gasteiger partial charge in [-0.15, -0.1) is 0 Å². The molecule has 1 heterocycles. The molecule has 0 saturated heterocycles. The lowest BCUT2D eigenvalue weighted by Crippen LogP contribution is -2.39. The first-order valence-electron chi connectivity index (χ1n) is 6.36. The van der Waals surface area contributed by atoms with E-state index in [1.807, 2.05) is 24.1 Å². The molecule has 0 bridgehead atoms. The molecule has 98 valence electrons. The maximum absolute atomic E-state index is 12.1. The fraction of sp³-hybridized carbons (Fsp3) is 0.500. The van der Waals surface area contributed by atoms with Gasteiger partial charge in [-0.1, -0.05) is 22.9 Å². The van der Waals surface area contributed by atoms with Gasteiger partial charge in [-0.25, -0.2) is 0 Å². The topological polar surface area (TPSA) is 32.3 Å². The molecule has 18 heavy (non-hydrogen) atoms. The molecule has 1 aliphatic heterocycles. The summed E-state index contributed by atoms with van der Waals surface area (Å²) in [5.41, 5.74) is 2.39. The number of hydrogen-bond donors (Lipinski definition) is 1. The summed E-state index contributed by atoms with van der Waals surface area (Å²) in [7, 11) is 1.98. The zero-order chi connectivity index (χ0) is 13.1. The first-order chi connectivity index (χ1) is 8.60. The second kappa shape index (κ2) is 5.85. The molecule has 0 saturated carbocycles. The van der Waals surface area contributed by atoms with Crippen LogP contribution >= 0.6 is 15.9 Å². The Balaban J connectivity index is 2.03. The zero-order valence-electron chi connectivity index (χ0n) is 10.9. The molecule has 1 aliphatic rings. The minimum atomic E-state index is -0.0346. The number of ketones is 1. The standard InChI is InChI=1S/C14H19BrN2O/c1-3-17(2)9-14(18)13-6-4-10-8-11(15)5-7-12(10)16-13/h5,7-8,13,16H,3-4,6,9H2,1-2H3. The number of likely N-dealkylation sites (N-methyl/N-ethyl adjacent to an activating group) is 1. The van der Waals surface area contributed by atoms with E-state index >= 15 is 0 Å². The van der Waals surface area contributed by atoms with Crippen LogP contribution in [0.1, 0.15) is 18.9 Å².